The molecular formula is C6H11NO. The summed E-state index contributed by atoms with van der Waals surface area (Å²) in [6.07, 6.45) is 1.36. The Balaban J connectivity index is 1.97. The van der Waals surface area contributed by atoms with E-state index in [0.717, 1.165) is 18.4 Å². The summed E-state index contributed by atoms with van der Waals surface area (Å²) in [5.74, 6) is 1.76. The molecule has 2 aliphatic rings. The highest BCUT2D eigenvalue weighted by molar-refractivity contribution is 5.01. The second kappa shape index (κ2) is 1.45. The maximum absolute atomic E-state index is 8.70. The molecule has 1 aliphatic carbocycles. The third kappa shape index (κ3) is 0.501. The predicted molar refractivity (Wildman–Crippen MR) is 30.5 cm³/mol. The van der Waals surface area contributed by atoms with E-state index in [1.165, 1.54) is 6.42 Å². The summed E-state index contributed by atoms with van der Waals surface area (Å²) in [7, 11) is 0. The predicted octanol–water partition coefficient (Wildman–Crippen LogP) is -0.413. The standard InChI is InChI=1S/C6H11NO/c8-3-6-5-1-4(5)2-7-6/h4-8H,1-3H2/t4-,5-,6-/m0/s1. The molecule has 2 nitrogen and oxygen atoms in total. The molecule has 1 saturated heterocycles. The number of piperidine rings is 1. The van der Waals surface area contributed by atoms with Crippen molar-refractivity contribution in [3.8, 4) is 0 Å². The van der Waals surface area contributed by atoms with Crippen LogP contribution in [0.15, 0.2) is 0 Å². The van der Waals surface area contributed by atoms with Crippen LogP contribution in [-0.4, -0.2) is 24.3 Å². The van der Waals surface area contributed by atoms with Crippen LogP contribution in [-0.2, 0) is 0 Å². The molecule has 2 heteroatoms. The summed E-state index contributed by atoms with van der Waals surface area (Å²) >= 11 is 0. The fourth-order valence-electron chi connectivity index (χ4n) is 1.65. The summed E-state index contributed by atoms with van der Waals surface area (Å²) in [5, 5.41) is 12.0. The number of nitrogens with one attached hydrogen (secondary N) is 1. The molecule has 1 saturated carbocycles. The van der Waals surface area contributed by atoms with Gasteiger partial charge < -0.3 is 10.4 Å². The van der Waals surface area contributed by atoms with Crippen LogP contribution in [0.5, 0.6) is 0 Å². The van der Waals surface area contributed by atoms with Crippen LogP contribution in [0.25, 0.3) is 0 Å². The summed E-state index contributed by atoms with van der Waals surface area (Å²) in [6, 6.07) is 0.444. The van der Waals surface area contributed by atoms with E-state index in [2.05, 4.69) is 5.32 Å². The molecule has 3 atom stereocenters. The van der Waals surface area contributed by atoms with Crippen LogP contribution >= 0.6 is 0 Å². The van der Waals surface area contributed by atoms with Gasteiger partial charge in [0.1, 0.15) is 0 Å². The average Bonchev–Trinajstić information content (AvgIpc) is 2.46. The summed E-state index contributed by atoms with van der Waals surface area (Å²) in [6.45, 7) is 1.48. The fraction of sp³-hybridized carbons (Fsp3) is 1.00. The van der Waals surface area contributed by atoms with Gasteiger partial charge in [0, 0.05) is 6.04 Å². The molecule has 0 spiro atoms. The molecule has 2 fully saturated rings. The summed E-state index contributed by atoms with van der Waals surface area (Å²) in [5.41, 5.74) is 0. The van der Waals surface area contributed by atoms with E-state index in [-0.39, 0.29) is 0 Å². The quantitative estimate of drug-likeness (QED) is 0.484. The first-order valence-corrected chi connectivity index (χ1v) is 3.26. The van der Waals surface area contributed by atoms with Gasteiger partial charge in [0.05, 0.1) is 6.61 Å². The second-order valence-corrected chi connectivity index (χ2v) is 2.86. The maximum atomic E-state index is 8.70. The average molecular weight is 113 g/mol. The van der Waals surface area contributed by atoms with Gasteiger partial charge in [-0.15, -0.1) is 0 Å². The lowest BCUT2D eigenvalue weighted by Crippen LogP contribution is -2.29. The van der Waals surface area contributed by atoms with Gasteiger partial charge in [-0.3, -0.25) is 0 Å². The van der Waals surface area contributed by atoms with Crippen LogP contribution in [0.3, 0.4) is 0 Å². The van der Waals surface area contributed by atoms with E-state index >= 15 is 0 Å². The van der Waals surface area contributed by atoms with Crippen LogP contribution in [0.2, 0.25) is 0 Å². The van der Waals surface area contributed by atoms with Gasteiger partial charge in [-0.25, -0.2) is 0 Å². The van der Waals surface area contributed by atoms with Crippen molar-refractivity contribution in [1.82, 2.24) is 5.32 Å². The fourth-order valence-corrected chi connectivity index (χ4v) is 1.65. The molecule has 1 heterocycles. The largest absolute Gasteiger partial charge is 0.395 e. The highest BCUT2D eigenvalue weighted by Gasteiger charge is 2.47. The number of aliphatic hydroxyl groups is 1. The van der Waals surface area contributed by atoms with E-state index < -0.39 is 0 Å². The van der Waals surface area contributed by atoms with Crippen molar-refractivity contribution in [2.75, 3.05) is 13.2 Å². The Bertz CT molecular complexity index is 105. The minimum Gasteiger partial charge on any atom is -0.395 e. The van der Waals surface area contributed by atoms with Crippen LogP contribution in [0, 0.1) is 11.8 Å². The lowest BCUT2D eigenvalue weighted by molar-refractivity contribution is 0.242. The number of hydrogen-bond donors (Lipinski definition) is 2. The van der Waals surface area contributed by atoms with Crippen LogP contribution in [0.4, 0.5) is 0 Å². The topological polar surface area (TPSA) is 32.3 Å². The number of hydrogen-bond acceptors (Lipinski definition) is 2. The lowest BCUT2D eigenvalue weighted by atomic mass is 10.2. The van der Waals surface area contributed by atoms with Gasteiger partial charge in [-0.2, -0.15) is 0 Å². The monoisotopic (exact) mass is 113 g/mol. The Hall–Kier alpha value is -0.0800. The van der Waals surface area contributed by atoms with Crippen LogP contribution < -0.4 is 5.32 Å². The molecule has 0 aromatic heterocycles. The number of rotatable bonds is 1. The smallest absolute Gasteiger partial charge is 0.0587 e. The first-order chi connectivity index (χ1) is 3.92. The maximum Gasteiger partial charge on any atom is 0.0587 e. The first kappa shape index (κ1) is 4.77. The highest BCUT2D eigenvalue weighted by Crippen LogP contribution is 2.44. The summed E-state index contributed by atoms with van der Waals surface area (Å²) in [4.78, 5) is 0. The van der Waals surface area contributed by atoms with Crippen molar-refractivity contribution < 1.29 is 5.11 Å². The van der Waals surface area contributed by atoms with E-state index in [1.54, 1.807) is 0 Å². The molecule has 0 aromatic rings. The van der Waals surface area contributed by atoms with Gasteiger partial charge in [0.15, 0.2) is 0 Å². The van der Waals surface area contributed by atoms with Crippen molar-refractivity contribution in [2.45, 2.75) is 12.5 Å². The third-order valence-corrected chi connectivity index (χ3v) is 2.33. The van der Waals surface area contributed by atoms with Gasteiger partial charge in [0.2, 0.25) is 0 Å². The van der Waals surface area contributed by atoms with Gasteiger partial charge in [-0.05, 0) is 24.8 Å². The minimum atomic E-state index is 0.334. The van der Waals surface area contributed by atoms with Crippen molar-refractivity contribution in [3.05, 3.63) is 0 Å². The highest BCUT2D eigenvalue weighted by atomic mass is 16.3. The van der Waals surface area contributed by atoms with Gasteiger partial charge in [-0.1, -0.05) is 0 Å². The molecule has 0 bridgehead atoms. The number of fused-ring (bicyclic) bond motifs is 1. The van der Waals surface area contributed by atoms with Crippen molar-refractivity contribution in [3.63, 3.8) is 0 Å². The molecule has 46 valence electrons. The van der Waals surface area contributed by atoms with Crippen LogP contribution in [0.1, 0.15) is 6.42 Å². The Morgan fingerprint density at radius 2 is 2.50 bits per heavy atom. The third-order valence-electron chi connectivity index (χ3n) is 2.33. The molecule has 8 heavy (non-hydrogen) atoms. The molecule has 0 aromatic carbocycles. The van der Waals surface area contributed by atoms with Crippen molar-refractivity contribution in [2.24, 2.45) is 11.8 Å². The number of aliphatic hydroxyl groups excluding tert-OH is 1. The normalized spacial score (nSPS) is 51.4. The molecule has 2 rings (SSSR count). The van der Waals surface area contributed by atoms with E-state index in [4.69, 9.17) is 5.11 Å². The Labute approximate surface area is 48.9 Å². The van der Waals surface area contributed by atoms with Crippen molar-refractivity contribution in [1.29, 1.82) is 0 Å². The summed E-state index contributed by atoms with van der Waals surface area (Å²) < 4.78 is 0. The SMILES string of the molecule is OC[C@@H]1NC[C@@H]2C[C@@H]21. The molecule has 0 unspecified atom stereocenters. The Morgan fingerprint density at radius 1 is 1.62 bits per heavy atom. The van der Waals surface area contributed by atoms with Gasteiger partial charge >= 0.3 is 0 Å². The zero-order valence-electron chi connectivity index (χ0n) is 4.80. The molecule has 1 aliphatic heterocycles. The lowest BCUT2D eigenvalue weighted by Gasteiger charge is -2.06. The molecule has 0 amide bonds. The zero-order chi connectivity index (χ0) is 5.56. The first-order valence-electron chi connectivity index (χ1n) is 3.26. The van der Waals surface area contributed by atoms with E-state index in [0.29, 0.717) is 12.6 Å². The molecular weight excluding hydrogens is 102 g/mol. The Morgan fingerprint density at radius 3 is 2.75 bits per heavy atom. The van der Waals surface area contributed by atoms with Gasteiger partial charge in [0.25, 0.3) is 0 Å². The van der Waals surface area contributed by atoms with E-state index in [1.807, 2.05) is 0 Å². The Kier molecular flexibility index (Phi) is 0.866. The minimum absolute atomic E-state index is 0.334. The van der Waals surface area contributed by atoms with E-state index in [9.17, 15) is 0 Å². The second-order valence-electron chi connectivity index (χ2n) is 2.86. The van der Waals surface area contributed by atoms with Crippen molar-refractivity contribution >= 4 is 0 Å². The molecule has 2 N–H and O–H groups in total. The zero-order valence-corrected chi connectivity index (χ0v) is 4.80. The molecule has 0 radical (unpaired) electrons.